The predicted octanol–water partition coefficient (Wildman–Crippen LogP) is 4.03. The first kappa shape index (κ1) is 9.17. The Morgan fingerprint density at radius 2 is 1.50 bits per heavy atom. The number of hydrogen-bond acceptors (Lipinski definition) is 0. The van der Waals surface area contributed by atoms with Crippen molar-refractivity contribution in [2.45, 2.75) is 0 Å². The van der Waals surface area contributed by atoms with Gasteiger partial charge in [0, 0.05) is 0 Å². The predicted molar refractivity (Wildman–Crippen MR) is 67.8 cm³/mol. The summed E-state index contributed by atoms with van der Waals surface area (Å²) in [7, 11) is 0. The Bertz CT molecular complexity index is 521. The maximum atomic E-state index is 2.18. The van der Waals surface area contributed by atoms with Gasteiger partial charge in [0.2, 0.25) is 0 Å². The summed E-state index contributed by atoms with van der Waals surface area (Å²) in [4.78, 5) is 0. The smallest absolute Gasteiger partial charge is 0.0623 e. The molecule has 0 fully saturated rings. The SMILES string of the molecule is C1=C[CH-]c2c(cccc2-c2ccccc2)[CH-]1. The van der Waals surface area contributed by atoms with Gasteiger partial charge in [-0.2, -0.15) is 6.07 Å². The molecule has 0 bridgehead atoms. The Labute approximate surface area is 96.3 Å². The normalized spacial score (nSPS) is 12.5. The summed E-state index contributed by atoms with van der Waals surface area (Å²) in [6.45, 7) is 0. The van der Waals surface area contributed by atoms with E-state index in [0.717, 1.165) is 0 Å². The van der Waals surface area contributed by atoms with Crippen molar-refractivity contribution in [3.8, 4) is 11.1 Å². The van der Waals surface area contributed by atoms with Gasteiger partial charge in [0.15, 0.2) is 0 Å². The molecule has 0 nitrogen and oxygen atoms in total. The first-order valence-corrected chi connectivity index (χ1v) is 5.48. The molecule has 0 N–H and O–H groups in total. The fourth-order valence-electron chi connectivity index (χ4n) is 2.09. The Morgan fingerprint density at radius 1 is 0.688 bits per heavy atom. The van der Waals surface area contributed by atoms with Gasteiger partial charge in [0.05, 0.1) is 0 Å². The third kappa shape index (κ3) is 1.49. The summed E-state index contributed by atoms with van der Waals surface area (Å²) in [5, 5.41) is 0. The van der Waals surface area contributed by atoms with E-state index in [4.69, 9.17) is 0 Å². The molecule has 16 heavy (non-hydrogen) atoms. The Kier molecular flexibility index (Phi) is 2.19. The molecule has 0 heterocycles. The molecule has 1 aliphatic carbocycles. The molecule has 0 saturated carbocycles. The molecule has 0 unspecified atom stereocenters. The van der Waals surface area contributed by atoms with Crippen LogP contribution >= 0.6 is 0 Å². The summed E-state index contributed by atoms with van der Waals surface area (Å²) in [6.07, 6.45) is 8.51. The van der Waals surface area contributed by atoms with E-state index < -0.39 is 0 Å². The van der Waals surface area contributed by atoms with Crippen molar-refractivity contribution in [1.82, 2.24) is 0 Å². The summed E-state index contributed by atoms with van der Waals surface area (Å²) in [5.41, 5.74) is 5.19. The Balaban J connectivity index is 2.16. The third-order valence-corrected chi connectivity index (χ3v) is 2.87. The molecular formula is C16H12-2. The van der Waals surface area contributed by atoms with Crippen LogP contribution in [0.25, 0.3) is 11.1 Å². The van der Waals surface area contributed by atoms with E-state index in [-0.39, 0.29) is 0 Å². The minimum absolute atomic E-state index is 1.28. The van der Waals surface area contributed by atoms with Crippen molar-refractivity contribution in [3.63, 3.8) is 0 Å². The number of allylic oxidation sites excluding steroid dienone is 2. The number of hydrogen-bond donors (Lipinski definition) is 0. The van der Waals surface area contributed by atoms with E-state index in [9.17, 15) is 0 Å². The molecule has 0 aromatic heterocycles. The lowest BCUT2D eigenvalue weighted by atomic mass is 9.89. The molecule has 0 aliphatic heterocycles. The molecule has 0 amide bonds. The van der Waals surface area contributed by atoms with Crippen molar-refractivity contribution >= 4 is 0 Å². The maximum absolute atomic E-state index is 2.18. The average Bonchev–Trinajstić information content (AvgIpc) is 2.39. The summed E-state index contributed by atoms with van der Waals surface area (Å²) in [5.74, 6) is 0. The molecule has 0 radical (unpaired) electrons. The highest BCUT2D eigenvalue weighted by Crippen LogP contribution is 2.30. The second kappa shape index (κ2) is 3.82. The van der Waals surface area contributed by atoms with Crippen LogP contribution in [0.15, 0.2) is 60.7 Å². The Hall–Kier alpha value is -2.08. The molecule has 0 spiro atoms. The van der Waals surface area contributed by atoms with Crippen LogP contribution in [0.1, 0.15) is 11.1 Å². The Morgan fingerprint density at radius 3 is 2.38 bits per heavy atom. The van der Waals surface area contributed by atoms with Crippen LogP contribution in [0.4, 0.5) is 0 Å². The molecule has 2 aromatic carbocycles. The third-order valence-electron chi connectivity index (χ3n) is 2.87. The summed E-state index contributed by atoms with van der Waals surface area (Å²) in [6, 6.07) is 17.0. The fraction of sp³-hybridized carbons (Fsp3) is 0. The average molecular weight is 204 g/mol. The summed E-state index contributed by atoms with van der Waals surface area (Å²) >= 11 is 0. The molecule has 3 rings (SSSR count). The summed E-state index contributed by atoms with van der Waals surface area (Å²) < 4.78 is 0. The molecule has 78 valence electrons. The molecule has 1 aliphatic rings. The van der Waals surface area contributed by atoms with Crippen molar-refractivity contribution < 1.29 is 0 Å². The van der Waals surface area contributed by atoms with Crippen LogP contribution in [0.2, 0.25) is 0 Å². The maximum Gasteiger partial charge on any atom is -0.0623 e. The fourth-order valence-corrected chi connectivity index (χ4v) is 2.09. The van der Waals surface area contributed by atoms with Crippen molar-refractivity contribution in [2.24, 2.45) is 0 Å². The molecule has 0 atom stereocenters. The number of benzene rings is 2. The van der Waals surface area contributed by atoms with E-state index >= 15 is 0 Å². The first-order valence-electron chi connectivity index (χ1n) is 5.48. The van der Waals surface area contributed by atoms with Gasteiger partial charge in [-0.05, 0) is 0 Å². The molecule has 0 heteroatoms. The van der Waals surface area contributed by atoms with Crippen LogP contribution in [-0.2, 0) is 0 Å². The van der Waals surface area contributed by atoms with Crippen LogP contribution in [0, 0.1) is 12.8 Å². The highest BCUT2D eigenvalue weighted by atomic mass is 14.1. The van der Waals surface area contributed by atoms with Crippen molar-refractivity contribution in [3.05, 3.63) is 84.7 Å². The van der Waals surface area contributed by atoms with Crippen molar-refractivity contribution in [1.29, 1.82) is 0 Å². The standard InChI is InChI=1S/C16H12/c1-2-7-13(8-3-1)16-12-6-10-14-9-4-5-11-15(14)16/h1-12H/q-2. The molecule has 2 aromatic rings. The number of rotatable bonds is 1. The van der Waals surface area contributed by atoms with Gasteiger partial charge in [-0.15, -0.1) is 17.7 Å². The molecular weight excluding hydrogens is 192 g/mol. The second-order valence-electron chi connectivity index (χ2n) is 3.89. The van der Waals surface area contributed by atoms with Crippen molar-refractivity contribution in [2.75, 3.05) is 0 Å². The van der Waals surface area contributed by atoms with E-state index in [1.165, 1.54) is 22.3 Å². The van der Waals surface area contributed by atoms with E-state index in [0.29, 0.717) is 0 Å². The lowest BCUT2D eigenvalue weighted by Crippen LogP contribution is -1.96. The van der Waals surface area contributed by atoms with E-state index in [1.807, 2.05) is 0 Å². The van der Waals surface area contributed by atoms with Gasteiger partial charge in [-0.25, -0.2) is 36.1 Å². The van der Waals surface area contributed by atoms with Crippen LogP contribution in [-0.4, -0.2) is 0 Å². The van der Waals surface area contributed by atoms with Crippen LogP contribution in [0.3, 0.4) is 0 Å². The van der Waals surface area contributed by atoms with Gasteiger partial charge in [0.1, 0.15) is 0 Å². The largest absolute Gasteiger partial charge is 0.232 e. The van der Waals surface area contributed by atoms with Gasteiger partial charge in [0.25, 0.3) is 0 Å². The monoisotopic (exact) mass is 204 g/mol. The lowest BCUT2D eigenvalue weighted by Gasteiger charge is -2.31. The van der Waals surface area contributed by atoms with E-state index in [1.54, 1.807) is 0 Å². The number of fused-ring (bicyclic) bond motifs is 1. The van der Waals surface area contributed by atoms with Crippen LogP contribution in [0.5, 0.6) is 0 Å². The highest BCUT2D eigenvalue weighted by Gasteiger charge is 1.96. The zero-order chi connectivity index (χ0) is 10.8. The quantitative estimate of drug-likeness (QED) is 0.615. The van der Waals surface area contributed by atoms with Gasteiger partial charge >= 0.3 is 0 Å². The zero-order valence-corrected chi connectivity index (χ0v) is 8.93. The van der Waals surface area contributed by atoms with Crippen LogP contribution < -0.4 is 0 Å². The second-order valence-corrected chi connectivity index (χ2v) is 3.89. The first-order chi connectivity index (χ1) is 7.95. The zero-order valence-electron chi connectivity index (χ0n) is 8.93. The minimum Gasteiger partial charge on any atom is -0.232 e. The highest BCUT2D eigenvalue weighted by molar-refractivity contribution is 5.73. The van der Waals surface area contributed by atoms with Gasteiger partial charge in [-0.1, -0.05) is 35.9 Å². The topological polar surface area (TPSA) is 0 Å². The van der Waals surface area contributed by atoms with E-state index in [2.05, 4.69) is 73.5 Å². The lowest BCUT2D eigenvalue weighted by molar-refractivity contribution is 1.37. The van der Waals surface area contributed by atoms with Gasteiger partial charge in [-0.3, -0.25) is 0 Å². The molecule has 0 saturated heterocycles. The minimum atomic E-state index is 1.28. The van der Waals surface area contributed by atoms with Gasteiger partial charge < -0.3 is 0 Å².